The Morgan fingerprint density at radius 1 is 1.28 bits per heavy atom. The van der Waals surface area contributed by atoms with E-state index in [1.807, 2.05) is 0 Å². The fourth-order valence-electron chi connectivity index (χ4n) is 2.76. The van der Waals surface area contributed by atoms with E-state index in [9.17, 15) is 0 Å². The van der Waals surface area contributed by atoms with Crippen LogP contribution in [0.15, 0.2) is 0 Å². The third kappa shape index (κ3) is 4.87. The quantitative estimate of drug-likeness (QED) is 0.751. The Kier molecular flexibility index (Phi) is 7.20. The molecule has 0 aromatic heterocycles. The van der Waals surface area contributed by atoms with Gasteiger partial charge in [0, 0.05) is 38.3 Å². The lowest BCUT2D eigenvalue weighted by Gasteiger charge is -2.41. The fraction of sp³-hybridized carbons (Fsp3) is 1.00. The molecule has 108 valence electrons. The Balaban J connectivity index is 2.48. The van der Waals surface area contributed by atoms with E-state index in [0.717, 1.165) is 12.5 Å². The molecule has 0 aromatic rings. The second kappa shape index (κ2) is 8.13. The molecule has 1 rings (SSSR count). The highest BCUT2D eigenvalue weighted by atomic mass is 15.3. The molecule has 0 aliphatic carbocycles. The maximum absolute atomic E-state index is 3.74. The molecule has 3 unspecified atom stereocenters. The molecule has 1 heterocycles. The first-order valence-electron chi connectivity index (χ1n) is 7.74. The second-order valence-electron chi connectivity index (χ2n) is 6.05. The van der Waals surface area contributed by atoms with Crippen molar-refractivity contribution in [3.8, 4) is 0 Å². The van der Waals surface area contributed by atoms with E-state index >= 15 is 0 Å². The third-order valence-electron chi connectivity index (χ3n) is 4.39. The molecule has 3 nitrogen and oxygen atoms in total. The number of hydrogen-bond acceptors (Lipinski definition) is 3. The molecule has 0 spiro atoms. The van der Waals surface area contributed by atoms with Gasteiger partial charge in [-0.2, -0.15) is 0 Å². The monoisotopic (exact) mass is 255 g/mol. The minimum atomic E-state index is 0.654. The van der Waals surface area contributed by atoms with Crippen LogP contribution in [0.2, 0.25) is 0 Å². The van der Waals surface area contributed by atoms with Crippen LogP contribution in [0.5, 0.6) is 0 Å². The van der Waals surface area contributed by atoms with Crippen LogP contribution in [0, 0.1) is 5.92 Å². The molecule has 0 saturated carbocycles. The van der Waals surface area contributed by atoms with Crippen molar-refractivity contribution in [1.82, 2.24) is 15.1 Å². The van der Waals surface area contributed by atoms with Crippen LogP contribution in [0.3, 0.4) is 0 Å². The fourth-order valence-corrected chi connectivity index (χ4v) is 2.76. The molecule has 1 aliphatic rings. The topological polar surface area (TPSA) is 18.5 Å². The standard InChI is InChI=1S/C15H33N3/c1-6-8-16-15(13(3)7-2)12-18-10-9-17(5)11-14(18)4/h13-16H,6-12H2,1-5H3. The third-order valence-corrected chi connectivity index (χ3v) is 4.39. The summed E-state index contributed by atoms with van der Waals surface area (Å²) in [4.78, 5) is 5.11. The Morgan fingerprint density at radius 2 is 2.00 bits per heavy atom. The van der Waals surface area contributed by atoms with Gasteiger partial charge in [-0.15, -0.1) is 0 Å². The van der Waals surface area contributed by atoms with Gasteiger partial charge in [-0.05, 0) is 32.9 Å². The van der Waals surface area contributed by atoms with Crippen molar-refractivity contribution in [3.63, 3.8) is 0 Å². The summed E-state index contributed by atoms with van der Waals surface area (Å²) in [5.41, 5.74) is 0. The van der Waals surface area contributed by atoms with E-state index in [1.54, 1.807) is 0 Å². The van der Waals surface area contributed by atoms with Crippen LogP contribution < -0.4 is 5.32 Å². The maximum Gasteiger partial charge on any atom is 0.0220 e. The number of piperazine rings is 1. The Morgan fingerprint density at radius 3 is 2.56 bits per heavy atom. The van der Waals surface area contributed by atoms with Crippen molar-refractivity contribution in [2.24, 2.45) is 5.92 Å². The van der Waals surface area contributed by atoms with Crippen molar-refractivity contribution >= 4 is 0 Å². The van der Waals surface area contributed by atoms with Crippen LogP contribution in [-0.2, 0) is 0 Å². The van der Waals surface area contributed by atoms with Gasteiger partial charge in [-0.1, -0.05) is 27.2 Å². The van der Waals surface area contributed by atoms with E-state index in [4.69, 9.17) is 0 Å². The number of rotatable bonds is 7. The highest BCUT2D eigenvalue weighted by Crippen LogP contribution is 2.14. The number of hydrogen-bond donors (Lipinski definition) is 1. The molecule has 0 radical (unpaired) electrons. The lowest BCUT2D eigenvalue weighted by atomic mass is 9.97. The minimum Gasteiger partial charge on any atom is -0.312 e. The van der Waals surface area contributed by atoms with Gasteiger partial charge >= 0.3 is 0 Å². The molecule has 1 fully saturated rings. The second-order valence-corrected chi connectivity index (χ2v) is 6.05. The minimum absolute atomic E-state index is 0.654. The van der Waals surface area contributed by atoms with E-state index in [1.165, 1.54) is 39.0 Å². The normalized spacial score (nSPS) is 26.2. The average molecular weight is 255 g/mol. The van der Waals surface area contributed by atoms with E-state index < -0.39 is 0 Å². The number of nitrogens with one attached hydrogen (secondary N) is 1. The van der Waals surface area contributed by atoms with Crippen LogP contribution >= 0.6 is 0 Å². The largest absolute Gasteiger partial charge is 0.312 e. The van der Waals surface area contributed by atoms with Gasteiger partial charge in [0.1, 0.15) is 0 Å². The first-order valence-corrected chi connectivity index (χ1v) is 7.74. The maximum atomic E-state index is 3.74. The molecule has 18 heavy (non-hydrogen) atoms. The van der Waals surface area contributed by atoms with Crippen LogP contribution in [0.4, 0.5) is 0 Å². The van der Waals surface area contributed by atoms with Gasteiger partial charge in [0.2, 0.25) is 0 Å². The van der Waals surface area contributed by atoms with Crippen molar-refractivity contribution in [2.75, 3.05) is 39.8 Å². The van der Waals surface area contributed by atoms with Crippen molar-refractivity contribution < 1.29 is 0 Å². The molecule has 1 aliphatic heterocycles. The summed E-state index contributed by atoms with van der Waals surface area (Å²) < 4.78 is 0. The summed E-state index contributed by atoms with van der Waals surface area (Å²) in [5.74, 6) is 0.767. The van der Waals surface area contributed by atoms with E-state index in [2.05, 4.69) is 49.9 Å². The number of likely N-dealkylation sites (N-methyl/N-ethyl adjacent to an activating group) is 1. The molecule has 3 atom stereocenters. The van der Waals surface area contributed by atoms with Crippen LogP contribution in [0.1, 0.15) is 40.5 Å². The Hall–Kier alpha value is -0.120. The SMILES string of the molecule is CCCNC(CN1CCN(C)CC1C)C(C)CC. The van der Waals surface area contributed by atoms with Gasteiger partial charge in [-0.3, -0.25) is 4.90 Å². The molecule has 0 amide bonds. The van der Waals surface area contributed by atoms with Gasteiger partial charge in [0.05, 0.1) is 0 Å². The summed E-state index contributed by atoms with van der Waals surface area (Å²) in [6.07, 6.45) is 2.49. The molecule has 1 N–H and O–H groups in total. The van der Waals surface area contributed by atoms with Crippen LogP contribution in [-0.4, -0.2) is 61.7 Å². The predicted molar refractivity (Wildman–Crippen MR) is 80.1 cm³/mol. The molecular weight excluding hydrogens is 222 g/mol. The molecular formula is C15H33N3. The van der Waals surface area contributed by atoms with Crippen molar-refractivity contribution in [2.45, 2.75) is 52.6 Å². The molecule has 0 bridgehead atoms. The summed E-state index contributed by atoms with van der Waals surface area (Å²) in [6, 6.07) is 1.35. The number of nitrogens with zero attached hydrogens (tertiary/aromatic N) is 2. The van der Waals surface area contributed by atoms with Gasteiger partial charge in [-0.25, -0.2) is 0 Å². The smallest absolute Gasteiger partial charge is 0.0220 e. The molecule has 0 aromatic carbocycles. The summed E-state index contributed by atoms with van der Waals surface area (Å²) in [5, 5.41) is 3.74. The first kappa shape index (κ1) is 15.9. The van der Waals surface area contributed by atoms with Gasteiger partial charge in [0.25, 0.3) is 0 Å². The highest BCUT2D eigenvalue weighted by Gasteiger charge is 2.25. The lowest BCUT2D eigenvalue weighted by molar-refractivity contribution is 0.0828. The average Bonchev–Trinajstić information content (AvgIpc) is 2.36. The highest BCUT2D eigenvalue weighted by molar-refractivity contribution is 4.83. The van der Waals surface area contributed by atoms with E-state index in [0.29, 0.717) is 12.1 Å². The predicted octanol–water partition coefficient (Wildman–Crippen LogP) is 2.04. The zero-order valence-electron chi connectivity index (χ0n) is 13.1. The van der Waals surface area contributed by atoms with Gasteiger partial charge in [0.15, 0.2) is 0 Å². The van der Waals surface area contributed by atoms with Crippen molar-refractivity contribution in [3.05, 3.63) is 0 Å². The Bertz CT molecular complexity index is 220. The van der Waals surface area contributed by atoms with Gasteiger partial charge < -0.3 is 10.2 Å². The lowest BCUT2D eigenvalue weighted by Crippen LogP contribution is -2.55. The summed E-state index contributed by atoms with van der Waals surface area (Å²) in [7, 11) is 2.23. The van der Waals surface area contributed by atoms with Crippen LogP contribution in [0.25, 0.3) is 0 Å². The van der Waals surface area contributed by atoms with Crippen molar-refractivity contribution in [1.29, 1.82) is 0 Å². The summed E-state index contributed by atoms with van der Waals surface area (Å²) >= 11 is 0. The molecule has 3 heteroatoms. The molecule has 1 saturated heterocycles. The zero-order valence-corrected chi connectivity index (χ0v) is 13.1. The first-order chi connectivity index (χ1) is 8.58. The zero-order chi connectivity index (χ0) is 13.5. The Labute approximate surface area is 114 Å². The summed E-state index contributed by atoms with van der Waals surface area (Å²) in [6.45, 7) is 15.3. The van der Waals surface area contributed by atoms with E-state index in [-0.39, 0.29) is 0 Å².